The molecule has 148 valence electrons. The van der Waals surface area contributed by atoms with Crippen LogP contribution in [0.15, 0.2) is 97.1 Å². The fraction of sp³-hybridized carbons (Fsp3) is 0.192. The van der Waals surface area contributed by atoms with Gasteiger partial charge in [0.1, 0.15) is 5.78 Å². The van der Waals surface area contributed by atoms with Crippen LogP contribution in [-0.4, -0.2) is 11.4 Å². The Kier molecular flexibility index (Phi) is 7.01. The fourth-order valence-corrected chi connectivity index (χ4v) is 6.61. The Hall–Kier alpha value is -2.70. The molecule has 0 aromatic heterocycles. The average Bonchev–Trinajstić information content (AvgIpc) is 2.79. The number of allylic oxidation sites excluding steroid dienone is 1. The lowest BCUT2D eigenvalue weighted by Crippen LogP contribution is -2.32. The summed E-state index contributed by atoms with van der Waals surface area (Å²) in [5.41, 5.74) is 0.534. The standard InChI is InChI=1S/C26H27O2P/c1-21(13-12-16-23-14-6-3-7-15-23)26(27)22(2)29(28,24-17-8-4-9-18-24)25-19-10-5-11-20-25/h3-12,14-22H,13H2,1-2H3. The molecule has 0 aliphatic heterocycles. The van der Waals surface area contributed by atoms with Gasteiger partial charge < -0.3 is 4.57 Å². The van der Waals surface area contributed by atoms with Gasteiger partial charge in [0.2, 0.25) is 0 Å². The molecule has 3 aromatic carbocycles. The number of hydrogen-bond acceptors (Lipinski definition) is 2. The second-order valence-electron chi connectivity index (χ2n) is 7.36. The van der Waals surface area contributed by atoms with E-state index >= 15 is 0 Å². The Bertz CT molecular complexity index is 951. The van der Waals surface area contributed by atoms with Crippen molar-refractivity contribution >= 4 is 29.6 Å². The molecular weight excluding hydrogens is 375 g/mol. The van der Waals surface area contributed by atoms with E-state index in [0.29, 0.717) is 6.42 Å². The van der Waals surface area contributed by atoms with Crippen LogP contribution in [0.4, 0.5) is 0 Å². The molecule has 2 atom stereocenters. The van der Waals surface area contributed by atoms with Crippen molar-refractivity contribution in [3.63, 3.8) is 0 Å². The smallest absolute Gasteiger partial charge is 0.153 e. The molecule has 0 saturated heterocycles. The van der Waals surface area contributed by atoms with Crippen molar-refractivity contribution in [2.75, 3.05) is 0 Å². The number of carbonyl (C=O) groups excluding carboxylic acids is 1. The molecular formula is C26H27O2P. The van der Waals surface area contributed by atoms with Gasteiger partial charge in [-0.2, -0.15) is 0 Å². The summed E-state index contributed by atoms with van der Waals surface area (Å²) < 4.78 is 14.3. The van der Waals surface area contributed by atoms with Crippen molar-refractivity contribution in [3.05, 3.63) is 103 Å². The van der Waals surface area contributed by atoms with Crippen LogP contribution in [0, 0.1) is 5.92 Å². The molecule has 0 saturated carbocycles. The zero-order chi connectivity index (χ0) is 20.7. The van der Waals surface area contributed by atoms with E-state index in [1.165, 1.54) is 0 Å². The average molecular weight is 402 g/mol. The summed E-state index contributed by atoms with van der Waals surface area (Å²) in [4.78, 5) is 13.3. The number of benzene rings is 3. The van der Waals surface area contributed by atoms with Gasteiger partial charge in [-0.3, -0.25) is 4.79 Å². The van der Waals surface area contributed by atoms with Crippen molar-refractivity contribution in [1.82, 2.24) is 0 Å². The maximum atomic E-state index is 14.3. The number of Topliss-reactive ketones (excluding diaryl/α,β-unsaturated/α-hetero) is 1. The van der Waals surface area contributed by atoms with Crippen molar-refractivity contribution < 1.29 is 9.36 Å². The van der Waals surface area contributed by atoms with E-state index in [0.717, 1.165) is 16.2 Å². The molecule has 2 unspecified atom stereocenters. The summed E-state index contributed by atoms with van der Waals surface area (Å²) in [7, 11) is -3.09. The van der Waals surface area contributed by atoms with Gasteiger partial charge in [0.25, 0.3) is 0 Å². The highest BCUT2D eigenvalue weighted by atomic mass is 31.2. The Labute approximate surface area is 173 Å². The van der Waals surface area contributed by atoms with E-state index < -0.39 is 12.8 Å². The first-order valence-electron chi connectivity index (χ1n) is 9.99. The number of ketones is 1. The highest BCUT2D eigenvalue weighted by Crippen LogP contribution is 2.49. The van der Waals surface area contributed by atoms with Crippen LogP contribution in [-0.2, 0) is 9.36 Å². The van der Waals surface area contributed by atoms with Crippen LogP contribution >= 0.6 is 7.14 Å². The summed E-state index contributed by atoms with van der Waals surface area (Å²) in [6.07, 6.45) is 4.69. The molecule has 29 heavy (non-hydrogen) atoms. The molecule has 0 heterocycles. The van der Waals surface area contributed by atoms with Crippen LogP contribution in [0.25, 0.3) is 6.08 Å². The quantitative estimate of drug-likeness (QED) is 0.453. The maximum Gasteiger partial charge on any atom is 0.153 e. The van der Waals surface area contributed by atoms with Gasteiger partial charge in [-0.25, -0.2) is 0 Å². The van der Waals surface area contributed by atoms with E-state index in [2.05, 4.69) is 0 Å². The Balaban J connectivity index is 1.84. The summed E-state index contributed by atoms with van der Waals surface area (Å²) in [6, 6.07) is 28.9. The molecule has 0 aliphatic carbocycles. The van der Waals surface area contributed by atoms with Crippen LogP contribution in [0.3, 0.4) is 0 Å². The molecule has 3 heteroatoms. The third-order valence-corrected chi connectivity index (χ3v) is 8.80. The van der Waals surface area contributed by atoms with Gasteiger partial charge in [0, 0.05) is 16.5 Å². The zero-order valence-electron chi connectivity index (χ0n) is 16.9. The van der Waals surface area contributed by atoms with Crippen molar-refractivity contribution in [2.24, 2.45) is 5.92 Å². The Morgan fingerprint density at radius 3 is 1.72 bits per heavy atom. The van der Waals surface area contributed by atoms with Gasteiger partial charge in [0.15, 0.2) is 7.14 Å². The van der Waals surface area contributed by atoms with Crippen molar-refractivity contribution in [1.29, 1.82) is 0 Å². The first-order chi connectivity index (χ1) is 14.0. The lowest BCUT2D eigenvalue weighted by atomic mass is 10.00. The first kappa shape index (κ1) is 21.0. The fourth-order valence-electron chi connectivity index (χ4n) is 3.57. The van der Waals surface area contributed by atoms with Crippen LogP contribution < -0.4 is 10.6 Å². The number of rotatable bonds is 8. The van der Waals surface area contributed by atoms with E-state index in [9.17, 15) is 9.36 Å². The molecule has 0 spiro atoms. The topological polar surface area (TPSA) is 34.1 Å². The lowest BCUT2D eigenvalue weighted by Gasteiger charge is -2.27. The molecule has 0 radical (unpaired) electrons. The molecule has 0 fully saturated rings. The maximum absolute atomic E-state index is 14.3. The molecule has 3 rings (SSSR count). The molecule has 0 amide bonds. The van der Waals surface area contributed by atoms with Crippen LogP contribution in [0.1, 0.15) is 25.8 Å². The predicted octanol–water partition coefficient (Wildman–Crippen LogP) is 5.70. The minimum atomic E-state index is -3.09. The van der Waals surface area contributed by atoms with E-state index in [1.54, 1.807) is 0 Å². The Morgan fingerprint density at radius 1 is 0.793 bits per heavy atom. The largest absolute Gasteiger partial charge is 0.313 e. The minimum Gasteiger partial charge on any atom is -0.313 e. The highest BCUT2D eigenvalue weighted by Gasteiger charge is 2.39. The molecule has 0 bridgehead atoms. The number of hydrogen-bond donors (Lipinski definition) is 0. The van der Waals surface area contributed by atoms with Crippen LogP contribution in [0.5, 0.6) is 0 Å². The zero-order valence-corrected chi connectivity index (χ0v) is 17.8. The van der Waals surface area contributed by atoms with Gasteiger partial charge in [0.05, 0.1) is 5.66 Å². The normalized spacial score (nSPS) is 13.9. The lowest BCUT2D eigenvalue weighted by molar-refractivity contribution is -0.121. The van der Waals surface area contributed by atoms with Crippen molar-refractivity contribution in [3.8, 4) is 0 Å². The van der Waals surface area contributed by atoms with Crippen LogP contribution in [0.2, 0.25) is 0 Å². The third-order valence-electron chi connectivity index (χ3n) is 5.32. The second kappa shape index (κ2) is 9.67. The van der Waals surface area contributed by atoms with Gasteiger partial charge in [-0.1, -0.05) is 110 Å². The Morgan fingerprint density at radius 2 is 1.24 bits per heavy atom. The monoisotopic (exact) mass is 402 g/mol. The SMILES string of the molecule is CC(CC=Cc1ccccc1)C(=O)C(C)P(=O)(c1ccccc1)c1ccccc1. The highest BCUT2D eigenvalue weighted by molar-refractivity contribution is 7.80. The van der Waals surface area contributed by atoms with E-state index in [1.807, 2.05) is 117 Å². The van der Waals surface area contributed by atoms with Gasteiger partial charge in [-0.05, 0) is 18.9 Å². The number of carbonyl (C=O) groups is 1. The molecule has 0 aliphatic rings. The first-order valence-corrected chi connectivity index (χ1v) is 11.8. The summed E-state index contributed by atoms with van der Waals surface area (Å²) in [5.74, 6) is -0.163. The summed E-state index contributed by atoms with van der Waals surface area (Å²) in [6.45, 7) is 3.75. The van der Waals surface area contributed by atoms with E-state index in [4.69, 9.17) is 0 Å². The summed E-state index contributed by atoms with van der Waals surface area (Å²) >= 11 is 0. The van der Waals surface area contributed by atoms with Gasteiger partial charge in [-0.15, -0.1) is 0 Å². The third kappa shape index (κ3) is 4.83. The molecule has 3 aromatic rings. The van der Waals surface area contributed by atoms with Gasteiger partial charge >= 0.3 is 0 Å². The van der Waals surface area contributed by atoms with E-state index in [-0.39, 0.29) is 11.7 Å². The summed E-state index contributed by atoms with van der Waals surface area (Å²) in [5, 5.41) is 1.47. The minimum absolute atomic E-state index is 0.0405. The molecule has 0 N–H and O–H groups in total. The molecule has 2 nitrogen and oxygen atoms in total. The van der Waals surface area contributed by atoms with Crippen molar-refractivity contribution in [2.45, 2.75) is 25.9 Å². The predicted molar refractivity (Wildman–Crippen MR) is 123 cm³/mol. The second-order valence-corrected chi connectivity index (χ2v) is 10.5.